The molecule has 1 amide bonds. The summed E-state index contributed by atoms with van der Waals surface area (Å²) in [7, 11) is 1.89. The van der Waals surface area contributed by atoms with Crippen molar-refractivity contribution in [2.24, 2.45) is 0 Å². The molecule has 1 heterocycles. The van der Waals surface area contributed by atoms with Crippen LogP contribution < -0.4 is 10.1 Å². The van der Waals surface area contributed by atoms with Gasteiger partial charge in [-0.25, -0.2) is 0 Å². The van der Waals surface area contributed by atoms with Gasteiger partial charge in [0.25, 0.3) is 0 Å². The summed E-state index contributed by atoms with van der Waals surface area (Å²) >= 11 is 0. The predicted molar refractivity (Wildman–Crippen MR) is 103 cm³/mol. The van der Waals surface area contributed by atoms with Gasteiger partial charge in [-0.15, -0.1) is 12.4 Å². The molecule has 1 fully saturated rings. The second-order valence-electron chi connectivity index (χ2n) is 6.11. The van der Waals surface area contributed by atoms with E-state index in [1.54, 1.807) is 0 Å². The number of ether oxygens (including phenoxy) is 1. The molecule has 2 aromatic carbocycles. The Morgan fingerprint density at radius 3 is 2.60 bits per heavy atom. The Kier molecular flexibility index (Phi) is 7.29. The molecule has 1 unspecified atom stereocenters. The lowest BCUT2D eigenvalue weighted by Crippen LogP contribution is -2.38. The minimum atomic E-state index is 0. The van der Waals surface area contributed by atoms with Crippen LogP contribution in [0.3, 0.4) is 0 Å². The van der Waals surface area contributed by atoms with Gasteiger partial charge in [0.05, 0.1) is 13.0 Å². The number of hydrogen-bond donors (Lipinski definition) is 1. The molecule has 0 spiro atoms. The Morgan fingerprint density at radius 1 is 1.16 bits per heavy atom. The maximum absolute atomic E-state index is 12.3. The number of likely N-dealkylation sites (N-methyl/N-ethyl adjacent to an activating group) is 1. The minimum Gasteiger partial charge on any atom is -0.492 e. The van der Waals surface area contributed by atoms with Crippen molar-refractivity contribution in [2.75, 3.05) is 26.7 Å². The summed E-state index contributed by atoms with van der Waals surface area (Å²) < 4.78 is 5.91. The Morgan fingerprint density at radius 2 is 1.88 bits per heavy atom. The molecule has 0 saturated carbocycles. The second-order valence-corrected chi connectivity index (χ2v) is 6.11. The van der Waals surface area contributed by atoms with Crippen LogP contribution in [0.15, 0.2) is 54.6 Å². The van der Waals surface area contributed by atoms with E-state index in [1.807, 2.05) is 54.4 Å². The number of para-hydroxylation sites is 1. The van der Waals surface area contributed by atoms with Gasteiger partial charge in [-0.05, 0) is 24.6 Å². The fourth-order valence-electron chi connectivity index (χ4n) is 3.05. The minimum absolute atomic E-state index is 0. The van der Waals surface area contributed by atoms with Crippen molar-refractivity contribution in [1.29, 1.82) is 0 Å². The lowest BCUT2D eigenvalue weighted by atomic mass is 10.1. The van der Waals surface area contributed by atoms with Crippen molar-refractivity contribution < 1.29 is 9.53 Å². The molecule has 1 saturated heterocycles. The van der Waals surface area contributed by atoms with Gasteiger partial charge in [0.1, 0.15) is 5.75 Å². The van der Waals surface area contributed by atoms with E-state index < -0.39 is 0 Å². The normalized spacial score (nSPS) is 16.1. The fraction of sp³-hybridized carbons (Fsp3) is 0.350. The Hall–Kier alpha value is -2.04. The molecule has 0 aromatic heterocycles. The van der Waals surface area contributed by atoms with Crippen LogP contribution in [0.1, 0.15) is 12.8 Å². The van der Waals surface area contributed by atoms with Crippen molar-refractivity contribution >= 4 is 18.3 Å². The number of benzene rings is 2. The van der Waals surface area contributed by atoms with Crippen LogP contribution >= 0.6 is 12.4 Å². The third kappa shape index (κ3) is 4.97. The van der Waals surface area contributed by atoms with Crippen molar-refractivity contribution in [1.82, 2.24) is 10.2 Å². The van der Waals surface area contributed by atoms with E-state index in [9.17, 15) is 4.79 Å². The number of hydrogen-bond acceptors (Lipinski definition) is 3. The van der Waals surface area contributed by atoms with E-state index in [-0.39, 0.29) is 18.3 Å². The monoisotopic (exact) mass is 360 g/mol. The molecule has 0 bridgehead atoms. The highest BCUT2D eigenvalue weighted by atomic mass is 35.5. The first-order valence-electron chi connectivity index (χ1n) is 8.49. The van der Waals surface area contributed by atoms with Gasteiger partial charge in [-0.3, -0.25) is 4.79 Å². The average molecular weight is 361 g/mol. The lowest BCUT2D eigenvalue weighted by Gasteiger charge is -2.23. The van der Waals surface area contributed by atoms with Crippen LogP contribution in [0.25, 0.3) is 11.1 Å². The highest BCUT2D eigenvalue weighted by Crippen LogP contribution is 2.29. The topological polar surface area (TPSA) is 41.6 Å². The van der Waals surface area contributed by atoms with Crippen molar-refractivity contribution in [3.63, 3.8) is 0 Å². The van der Waals surface area contributed by atoms with E-state index in [2.05, 4.69) is 17.4 Å². The molecule has 3 rings (SSSR count). The van der Waals surface area contributed by atoms with Crippen LogP contribution in [0.5, 0.6) is 5.75 Å². The quantitative estimate of drug-likeness (QED) is 0.858. The van der Waals surface area contributed by atoms with Crippen LogP contribution in [-0.2, 0) is 4.79 Å². The van der Waals surface area contributed by atoms with Gasteiger partial charge < -0.3 is 15.0 Å². The molecule has 134 valence electrons. The molecule has 2 aromatic rings. The van der Waals surface area contributed by atoms with E-state index in [0.717, 1.165) is 36.4 Å². The molecule has 1 aliphatic rings. The van der Waals surface area contributed by atoms with Gasteiger partial charge in [0.2, 0.25) is 5.91 Å². The van der Waals surface area contributed by atoms with Gasteiger partial charge in [0.15, 0.2) is 0 Å². The number of carbonyl (C=O) groups excluding carboxylic acids is 1. The van der Waals surface area contributed by atoms with E-state index in [1.165, 1.54) is 0 Å². The number of amides is 1. The predicted octanol–water partition coefficient (Wildman–Crippen LogP) is 3.36. The van der Waals surface area contributed by atoms with Crippen LogP contribution in [-0.4, -0.2) is 43.6 Å². The summed E-state index contributed by atoms with van der Waals surface area (Å²) in [6.45, 7) is 2.27. The number of nitrogens with one attached hydrogen (secondary N) is 1. The first kappa shape index (κ1) is 19.3. The van der Waals surface area contributed by atoms with Gasteiger partial charge in [-0.2, -0.15) is 0 Å². The van der Waals surface area contributed by atoms with Gasteiger partial charge in [0, 0.05) is 25.2 Å². The lowest BCUT2D eigenvalue weighted by molar-refractivity contribution is -0.132. The summed E-state index contributed by atoms with van der Waals surface area (Å²) in [4.78, 5) is 14.1. The molecule has 1 aliphatic heterocycles. The third-order valence-corrected chi connectivity index (χ3v) is 4.52. The first-order valence-corrected chi connectivity index (χ1v) is 8.49. The van der Waals surface area contributed by atoms with E-state index >= 15 is 0 Å². The Bertz CT molecular complexity index is 672. The third-order valence-electron chi connectivity index (χ3n) is 4.52. The number of nitrogens with zero attached hydrogens (tertiary/aromatic N) is 1. The standard InChI is InChI=1S/C20H24N2O2.ClH/c1-22(17-11-13-21-15-17)20(23)12-14-24-19-10-6-5-9-18(19)16-7-3-2-4-8-16;/h2-10,17,21H,11-15H2,1H3;1H. The van der Waals surface area contributed by atoms with Crippen molar-refractivity contribution in [3.05, 3.63) is 54.6 Å². The molecular formula is C20H25ClN2O2. The zero-order valence-corrected chi connectivity index (χ0v) is 15.3. The molecule has 5 heteroatoms. The summed E-state index contributed by atoms with van der Waals surface area (Å²) in [5, 5.41) is 3.29. The Labute approximate surface area is 155 Å². The van der Waals surface area contributed by atoms with Crippen LogP contribution in [0.2, 0.25) is 0 Å². The number of halogens is 1. The van der Waals surface area contributed by atoms with Crippen molar-refractivity contribution in [3.8, 4) is 16.9 Å². The molecule has 4 nitrogen and oxygen atoms in total. The van der Waals surface area contributed by atoms with Gasteiger partial charge >= 0.3 is 0 Å². The first-order chi connectivity index (χ1) is 11.8. The van der Waals surface area contributed by atoms with Crippen LogP contribution in [0, 0.1) is 0 Å². The van der Waals surface area contributed by atoms with Crippen LogP contribution in [0.4, 0.5) is 0 Å². The fourth-order valence-corrected chi connectivity index (χ4v) is 3.05. The molecule has 1 atom stereocenters. The summed E-state index contributed by atoms with van der Waals surface area (Å²) in [6.07, 6.45) is 1.43. The molecular weight excluding hydrogens is 336 g/mol. The second kappa shape index (κ2) is 9.44. The number of carbonyl (C=O) groups is 1. The highest BCUT2D eigenvalue weighted by molar-refractivity contribution is 5.85. The Balaban J connectivity index is 0.00000225. The summed E-state index contributed by atoms with van der Waals surface area (Å²) in [5.41, 5.74) is 2.17. The molecule has 25 heavy (non-hydrogen) atoms. The highest BCUT2D eigenvalue weighted by Gasteiger charge is 2.22. The smallest absolute Gasteiger partial charge is 0.226 e. The van der Waals surface area contributed by atoms with Crippen molar-refractivity contribution in [2.45, 2.75) is 18.9 Å². The zero-order valence-electron chi connectivity index (χ0n) is 14.5. The maximum Gasteiger partial charge on any atom is 0.226 e. The van der Waals surface area contributed by atoms with E-state index in [4.69, 9.17) is 4.74 Å². The zero-order chi connectivity index (χ0) is 16.8. The summed E-state index contributed by atoms with van der Waals surface area (Å²) in [6, 6.07) is 18.4. The maximum atomic E-state index is 12.3. The van der Waals surface area contributed by atoms with Gasteiger partial charge in [-0.1, -0.05) is 48.5 Å². The SMILES string of the molecule is CN(C(=O)CCOc1ccccc1-c1ccccc1)C1CCNC1.Cl. The van der Waals surface area contributed by atoms with E-state index in [0.29, 0.717) is 19.1 Å². The largest absolute Gasteiger partial charge is 0.492 e. The molecule has 0 radical (unpaired) electrons. The average Bonchev–Trinajstić information content (AvgIpc) is 3.17. The molecule has 1 N–H and O–H groups in total. The summed E-state index contributed by atoms with van der Waals surface area (Å²) in [5.74, 6) is 0.961. The number of rotatable bonds is 6. The molecule has 0 aliphatic carbocycles.